The Balaban J connectivity index is 1.38. The standard InChI is InChI=1S/C48H28O/c1-4-16-32-29(13-1)25-26-40-41(32)27-30-14-2-5-17-33(30)44(40)45-36-20-7-9-22-38(36)46(39-23-10-8-21-37(39)45)47-34-18-6-3-15-31(34)28-42-35-19-11-12-24-43(35)49-48(42)47/h1-28H. The molecule has 11 rings (SSSR count). The first-order valence-corrected chi connectivity index (χ1v) is 16.9. The molecule has 11 aromatic rings. The van der Waals surface area contributed by atoms with Crippen molar-refractivity contribution < 1.29 is 4.42 Å². The lowest BCUT2D eigenvalue weighted by Gasteiger charge is -2.21. The van der Waals surface area contributed by atoms with Crippen LogP contribution >= 0.6 is 0 Å². The van der Waals surface area contributed by atoms with E-state index in [0.717, 1.165) is 27.5 Å². The Labute approximate surface area is 282 Å². The maximum atomic E-state index is 6.82. The number of benzene rings is 10. The molecule has 0 bridgehead atoms. The van der Waals surface area contributed by atoms with E-state index in [1.807, 2.05) is 0 Å². The highest BCUT2D eigenvalue weighted by Crippen LogP contribution is 2.51. The number of fused-ring (bicyclic) bond motifs is 10. The second kappa shape index (κ2) is 10.0. The molecule has 1 nitrogen and oxygen atoms in total. The lowest BCUT2D eigenvalue weighted by molar-refractivity contribution is 0.670. The van der Waals surface area contributed by atoms with Crippen molar-refractivity contribution in [1.82, 2.24) is 0 Å². The summed E-state index contributed by atoms with van der Waals surface area (Å²) in [6, 6.07) is 62.1. The summed E-state index contributed by atoms with van der Waals surface area (Å²) in [5.41, 5.74) is 6.76. The molecule has 0 unspecified atom stereocenters. The summed E-state index contributed by atoms with van der Waals surface area (Å²) in [5, 5.41) is 17.2. The first kappa shape index (κ1) is 26.6. The zero-order chi connectivity index (χ0) is 32.1. The van der Waals surface area contributed by atoms with E-state index in [2.05, 4.69) is 170 Å². The second-order valence-electron chi connectivity index (χ2n) is 13.1. The van der Waals surface area contributed by atoms with Gasteiger partial charge in [0.05, 0.1) is 0 Å². The van der Waals surface area contributed by atoms with E-state index in [1.54, 1.807) is 0 Å². The van der Waals surface area contributed by atoms with Crippen molar-refractivity contribution in [2.24, 2.45) is 0 Å². The molecule has 0 atom stereocenters. The van der Waals surface area contributed by atoms with Crippen molar-refractivity contribution >= 4 is 86.6 Å². The maximum absolute atomic E-state index is 6.82. The first-order chi connectivity index (χ1) is 24.3. The van der Waals surface area contributed by atoms with Gasteiger partial charge in [0.1, 0.15) is 11.2 Å². The molecule has 0 radical (unpaired) electrons. The average Bonchev–Trinajstić information content (AvgIpc) is 3.54. The number of para-hydroxylation sites is 1. The van der Waals surface area contributed by atoms with Crippen molar-refractivity contribution in [1.29, 1.82) is 0 Å². The summed E-state index contributed by atoms with van der Waals surface area (Å²) in [4.78, 5) is 0. The van der Waals surface area contributed by atoms with Gasteiger partial charge in [0.2, 0.25) is 0 Å². The smallest absolute Gasteiger partial charge is 0.143 e. The van der Waals surface area contributed by atoms with Crippen LogP contribution in [-0.2, 0) is 0 Å². The molecule has 10 aromatic carbocycles. The first-order valence-electron chi connectivity index (χ1n) is 16.9. The Morgan fingerprint density at radius 2 is 0.653 bits per heavy atom. The fraction of sp³-hybridized carbons (Fsp3) is 0. The highest BCUT2D eigenvalue weighted by atomic mass is 16.3. The van der Waals surface area contributed by atoms with E-state index < -0.39 is 0 Å². The van der Waals surface area contributed by atoms with Gasteiger partial charge in [0.15, 0.2) is 0 Å². The predicted molar refractivity (Wildman–Crippen MR) is 210 cm³/mol. The Bertz CT molecular complexity index is 3100. The molecule has 226 valence electrons. The van der Waals surface area contributed by atoms with Crippen LogP contribution < -0.4 is 0 Å². The van der Waals surface area contributed by atoms with Crippen LogP contribution in [0.15, 0.2) is 174 Å². The zero-order valence-corrected chi connectivity index (χ0v) is 26.6. The topological polar surface area (TPSA) is 13.1 Å². The number of hydrogen-bond acceptors (Lipinski definition) is 1. The van der Waals surface area contributed by atoms with Crippen molar-refractivity contribution in [3.63, 3.8) is 0 Å². The number of hydrogen-bond donors (Lipinski definition) is 0. The van der Waals surface area contributed by atoms with E-state index in [0.29, 0.717) is 0 Å². The third-order valence-electron chi connectivity index (χ3n) is 10.6. The zero-order valence-electron chi connectivity index (χ0n) is 26.6. The van der Waals surface area contributed by atoms with Gasteiger partial charge in [0.25, 0.3) is 0 Å². The minimum atomic E-state index is 0.911. The van der Waals surface area contributed by atoms with E-state index in [-0.39, 0.29) is 0 Å². The van der Waals surface area contributed by atoms with Crippen LogP contribution in [0.1, 0.15) is 0 Å². The molecule has 0 aliphatic carbocycles. The van der Waals surface area contributed by atoms with Gasteiger partial charge >= 0.3 is 0 Å². The highest BCUT2D eigenvalue weighted by molar-refractivity contribution is 6.32. The Morgan fingerprint density at radius 1 is 0.245 bits per heavy atom. The van der Waals surface area contributed by atoms with Gasteiger partial charge in [0, 0.05) is 21.9 Å². The molecule has 49 heavy (non-hydrogen) atoms. The van der Waals surface area contributed by atoms with Gasteiger partial charge in [-0.2, -0.15) is 0 Å². The third-order valence-corrected chi connectivity index (χ3v) is 10.6. The Hall–Kier alpha value is -6.44. The van der Waals surface area contributed by atoms with Crippen molar-refractivity contribution in [2.75, 3.05) is 0 Å². The van der Waals surface area contributed by atoms with Crippen LogP contribution in [0.3, 0.4) is 0 Å². The van der Waals surface area contributed by atoms with Gasteiger partial charge in [-0.05, 0) is 94.0 Å². The molecule has 1 aromatic heterocycles. The van der Waals surface area contributed by atoms with E-state index in [4.69, 9.17) is 4.42 Å². The van der Waals surface area contributed by atoms with Crippen LogP contribution in [0, 0.1) is 0 Å². The average molecular weight is 621 g/mol. The monoisotopic (exact) mass is 620 g/mol. The van der Waals surface area contributed by atoms with Crippen molar-refractivity contribution in [3.8, 4) is 22.3 Å². The lowest BCUT2D eigenvalue weighted by Crippen LogP contribution is -1.94. The molecule has 0 amide bonds. The summed E-state index contributed by atoms with van der Waals surface area (Å²) in [7, 11) is 0. The van der Waals surface area contributed by atoms with Crippen LogP contribution in [0.4, 0.5) is 0 Å². The highest BCUT2D eigenvalue weighted by Gasteiger charge is 2.24. The molecule has 0 spiro atoms. The van der Waals surface area contributed by atoms with Gasteiger partial charge in [-0.25, -0.2) is 0 Å². The summed E-state index contributed by atoms with van der Waals surface area (Å²) >= 11 is 0. The minimum absolute atomic E-state index is 0.911. The molecule has 0 N–H and O–H groups in total. The van der Waals surface area contributed by atoms with Crippen LogP contribution in [0.2, 0.25) is 0 Å². The fourth-order valence-corrected chi connectivity index (χ4v) is 8.53. The van der Waals surface area contributed by atoms with Gasteiger partial charge in [-0.3, -0.25) is 0 Å². The van der Waals surface area contributed by atoms with Crippen LogP contribution in [0.25, 0.3) is 109 Å². The van der Waals surface area contributed by atoms with Gasteiger partial charge < -0.3 is 4.42 Å². The predicted octanol–water partition coefficient (Wildman–Crippen LogP) is 13.8. The van der Waals surface area contributed by atoms with Gasteiger partial charge in [-0.1, -0.05) is 152 Å². The molecular weight excluding hydrogens is 593 g/mol. The molecule has 1 heterocycles. The summed E-state index contributed by atoms with van der Waals surface area (Å²) in [5.74, 6) is 0. The summed E-state index contributed by atoms with van der Waals surface area (Å²) in [6.45, 7) is 0. The second-order valence-corrected chi connectivity index (χ2v) is 13.1. The van der Waals surface area contributed by atoms with Crippen molar-refractivity contribution in [3.05, 3.63) is 170 Å². The van der Waals surface area contributed by atoms with Gasteiger partial charge in [-0.15, -0.1) is 0 Å². The van der Waals surface area contributed by atoms with Crippen LogP contribution in [0.5, 0.6) is 0 Å². The molecule has 0 aliphatic heterocycles. The van der Waals surface area contributed by atoms with Crippen LogP contribution in [-0.4, -0.2) is 0 Å². The quantitative estimate of drug-likeness (QED) is 0.138. The Morgan fingerprint density at radius 3 is 1.29 bits per heavy atom. The largest absolute Gasteiger partial charge is 0.455 e. The molecular formula is C48H28O. The number of rotatable bonds is 2. The molecule has 0 saturated heterocycles. The normalized spacial score (nSPS) is 12.1. The lowest BCUT2D eigenvalue weighted by atomic mass is 9.81. The SMILES string of the molecule is c1ccc2c(-c3c4ccccc4c(-c4c5ccccc5cc5c4oc4ccccc45)c4ccccc34)c3ccc4ccccc4c3cc2c1. The molecule has 0 aliphatic rings. The Kier molecular flexibility index (Phi) is 5.45. The fourth-order valence-electron chi connectivity index (χ4n) is 8.53. The molecule has 0 fully saturated rings. The number of furan rings is 1. The maximum Gasteiger partial charge on any atom is 0.143 e. The van der Waals surface area contributed by atoms with E-state index >= 15 is 0 Å². The molecule has 0 saturated carbocycles. The summed E-state index contributed by atoms with van der Waals surface area (Å²) < 4.78 is 6.82. The molecule has 1 heteroatoms. The third kappa shape index (κ3) is 3.70. The van der Waals surface area contributed by atoms with E-state index in [1.165, 1.54) is 81.3 Å². The summed E-state index contributed by atoms with van der Waals surface area (Å²) in [6.07, 6.45) is 0. The van der Waals surface area contributed by atoms with Crippen molar-refractivity contribution in [2.45, 2.75) is 0 Å². The minimum Gasteiger partial charge on any atom is -0.455 e. The van der Waals surface area contributed by atoms with E-state index in [9.17, 15) is 0 Å².